The zero-order chi connectivity index (χ0) is 6.74. The maximum Gasteiger partial charge on any atom is 0.0768 e. The molecule has 0 aromatic heterocycles. The van der Waals surface area contributed by atoms with Crippen LogP contribution >= 0.6 is 7.26 Å². The molecule has 0 radical (unpaired) electrons. The lowest BCUT2D eigenvalue weighted by molar-refractivity contribution is 0.949. The fourth-order valence-corrected chi connectivity index (χ4v) is 4.78. The van der Waals surface area contributed by atoms with Gasteiger partial charge < -0.3 is 0 Å². The maximum absolute atomic E-state index is 3.80. The molecular formula is C9H20P+. The highest BCUT2D eigenvalue weighted by molar-refractivity contribution is 7.75. The zero-order valence-corrected chi connectivity index (χ0v) is 7.16. The van der Waals surface area contributed by atoms with Crippen LogP contribution in [0.2, 0.25) is 0 Å². The molecule has 0 aliphatic carbocycles. The summed E-state index contributed by atoms with van der Waals surface area (Å²) in [6.45, 7) is 6.28. The van der Waals surface area contributed by atoms with E-state index in [2.05, 4.69) is 19.3 Å². The van der Waals surface area contributed by atoms with Crippen LogP contribution in [0.1, 0.15) is 20.3 Å². The van der Waals surface area contributed by atoms with Gasteiger partial charge in [-0.1, -0.05) is 20.1 Å². The van der Waals surface area contributed by atoms with Gasteiger partial charge in [0.15, 0.2) is 0 Å². The van der Waals surface area contributed by atoms with E-state index in [4.69, 9.17) is 0 Å². The normalized spacial score (nSPS) is 21.7. The van der Waals surface area contributed by atoms with E-state index in [1.54, 1.807) is 0 Å². The fourth-order valence-electron chi connectivity index (χ4n) is 1.59. The number of allylic oxidation sites excluding steroid dienone is 1. The van der Waals surface area contributed by atoms with E-state index in [1.807, 2.05) is 0 Å². The Hall–Kier alpha value is 0.170. The van der Waals surface area contributed by atoms with Crippen LogP contribution in [0.15, 0.2) is 12.7 Å². The van der Waals surface area contributed by atoms with Gasteiger partial charge in [-0.15, -0.1) is 0 Å². The average molecular weight is 159 g/mol. The topological polar surface area (TPSA) is 0 Å². The molecule has 1 heteroatoms. The minimum absolute atomic E-state index is 0. The molecule has 1 saturated heterocycles. The van der Waals surface area contributed by atoms with Gasteiger partial charge in [0.05, 0.1) is 18.5 Å². The number of hydrogen-bond donors (Lipinski definition) is 0. The van der Waals surface area contributed by atoms with Gasteiger partial charge >= 0.3 is 0 Å². The van der Waals surface area contributed by atoms with E-state index >= 15 is 0 Å². The molecule has 0 bridgehead atoms. The van der Waals surface area contributed by atoms with Crippen molar-refractivity contribution in [2.75, 3.05) is 25.2 Å². The summed E-state index contributed by atoms with van der Waals surface area (Å²) in [5.41, 5.74) is 0. The molecular weight excluding hydrogens is 139 g/mol. The van der Waals surface area contributed by atoms with Crippen LogP contribution in [0, 0.1) is 0 Å². The van der Waals surface area contributed by atoms with Crippen molar-refractivity contribution in [1.29, 1.82) is 0 Å². The first kappa shape index (κ1) is 10.2. The van der Waals surface area contributed by atoms with Crippen molar-refractivity contribution in [1.82, 2.24) is 0 Å². The Morgan fingerprint density at radius 2 is 1.90 bits per heavy atom. The highest BCUT2D eigenvalue weighted by Crippen LogP contribution is 2.60. The molecule has 1 aliphatic heterocycles. The first-order chi connectivity index (χ1) is 4.27. The van der Waals surface area contributed by atoms with Gasteiger partial charge in [0.25, 0.3) is 0 Å². The van der Waals surface area contributed by atoms with Crippen molar-refractivity contribution < 1.29 is 0 Å². The third kappa shape index (κ3) is 2.42. The van der Waals surface area contributed by atoms with Crippen LogP contribution in [0.5, 0.6) is 0 Å². The van der Waals surface area contributed by atoms with E-state index in [0.29, 0.717) is 0 Å². The Morgan fingerprint density at radius 1 is 1.40 bits per heavy atom. The minimum atomic E-state index is -0.438. The monoisotopic (exact) mass is 159 g/mol. The summed E-state index contributed by atoms with van der Waals surface area (Å²) in [6.07, 6.45) is 9.46. The third-order valence-electron chi connectivity index (χ3n) is 2.22. The van der Waals surface area contributed by atoms with E-state index in [0.717, 1.165) is 0 Å². The minimum Gasteiger partial charge on any atom is -0.0995 e. The zero-order valence-electron chi connectivity index (χ0n) is 6.27. The van der Waals surface area contributed by atoms with Gasteiger partial charge in [0, 0.05) is 13.9 Å². The van der Waals surface area contributed by atoms with Crippen LogP contribution < -0.4 is 0 Å². The largest absolute Gasteiger partial charge is 0.0995 e. The smallest absolute Gasteiger partial charge is 0.0768 e. The standard InChI is InChI=1S/C8H16P.CH4/c1-3-6-9(2)7-4-5-8-9;/h3H,1,4-8H2,2H3;1H4/q+1;. The molecule has 1 aliphatic rings. The van der Waals surface area contributed by atoms with Crippen molar-refractivity contribution in [2.24, 2.45) is 0 Å². The van der Waals surface area contributed by atoms with Crippen molar-refractivity contribution in [3.63, 3.8) is 0 Å². The summed E-state index contributed by atoms with van der Waals surface area (Å²) in [4.78, 5) is 0. The second kappa shape index (κ2) is 4.13. The summed E-state index contributed by atoms with van der Waals surface area (Å²) in [6, 6.07) is 0. The number of hydrogen-bond acceptors (Lipinski definition) is 0. The highest BCUT2D eigenvalue weighted by Gasteiger charge is 2.33. The van der Waals surface area contributed by atoms with Gasteiger partial charge in [-0.3, -0.25) is 0 Å². The summed E-state index contributed by atoms with van der Waals surface area (Å²) in [5, 5.41) is 0. The van der Waals surface area contributed by atoms with Crippen LogP contribution in [0.4, 0.5) is 0 Å². The molecule has 0 nitrogen and oxygen atoms in total. The lowest BCUT2D eigenvalue weighted by Gasteiger charge is -2.12. The van der Waals surface area contributed by atoms with Gasteiger partial charge in [-0.2, -0.15) is 0 Å². The number of rotatable bonds is 2. The second-order valence-electron chi connectivity index (χ2n) is 3.25. The molecule has 0 amide bonds. The lowest BCUT2D eigenvalue weighted by atomic mass is 10.4. The predicted octanol–water partition coefficient (Wildman–Crippen LogP) is 3.25. The molecule has 0 aromatic carbocycles. The summed E-state index contributed by atoms with van der Waals surface area (Å²) >= 11 is 0. The van der Waals surface area contributed by atoms with Gasteiger partial charge in [0.2, 0.25) is 0 Å². The SMILES string of the molecule is C.C=CC[P+]1(C)CCCC1. The summed E-state index contributed by atoms with van der Waals surface area (Å²) in [7, 11) is -0.438. The second-order valence-corrected chi connectivity index (χ2v) is 7.74. The first-order valence-electron chi connectivity index (χ1n) is 3.71. The van der Waals surface area contributed by atoms with Crippen molar-refractivity contribution >= 4 is 7.26 Å². The van der Waals surface area contributed by atoms with E-state index in [9.17, 15) is 0 Å². The fraction of sp³-hybridized carbons (Fsp3) is 0.778. The van der Waals surface area contributed by atoms with Crippen LogP contribution in [0.25, 0.3) is 0 Å². The molecule has 0 spiro atoms. The summed E-state index contributed by atoms with van der Waals surface area (Å²) < 4.78 is 0. The maximum atomic E-state index is 3.80. The van der Waals surface area contributed by atoms with E-state index in [1.165, 1.54) is 31.3 Å². The molecule has 0 atom stereocenters. The van der Waals surface area contributed by atoms with Crippen LogP contribution in [0.3, 0.4) is 0 Å². The molecule has 1 rings (SSSR count). The van der Waals surface area contributed by atoms with Crippen molar-refractivity contribution in [3.05, 3.63) is 12.7 Å². The van der Waals surface area contributed by atoms with Gasteiger partial charge in [-0.05, 0) is 12.8 Å². The van der Waals surface area contributed by atoms with Crippen molar-refractivity contribution in [2.45, 2.75) is 20.3 Å². The Balaban J connectivity index is 0.000000810. The third-order valence-corrected chi connectivity index (χ3v) is 6.15. The molecule has 0 unspecified atom stereocenters. The van der Waals surface area contributed by atoms with Crippen LogP contribution in [-0.4, -0.2) is 25.2 Å². The molecule has 60 valence electrons. The molecule has 0 aromatic rings. The lowest BCUT2D eigenvalue weighted by Crippen LogP contribution is -1.95. The highest BCUT2D eigenvalue weighted by atomic mass is 31.2. The molecule has 1 fully saturated rings. The Bertz CT molecular complexity index is 101. The molecule has 0 N–H and O–H groups in total. The van der Waals surface area contributed by atoms with E-state index < -0.39 is 7.26 Å². The molecule has 0 saturated carbocycles. The van der Waals surface area contributed by atoms with Gasteiger partial charge in [-0.25, -0.2) is 0 Å². The van der Waals surface area contributed by atoms with E-state index in [-0.39, 0.29) is 7.43 Å². The van der Waals surface area contributed by atoms with Crippen molar-refractivity contribution in [3.8, 4) is 0 Å². The van der Waals surface area contributed by atoms with Crippen LogP contribution in [-0.2, 0) is 0 Å². The Kier molecular flexibility index (Phi) is 4.20. The average Bonchev–Trinajstić information content (AvgIpc) is 2.16. The summed E-state index contributed by atoms with van der Waals surface area (Å²) in [5.74, 6) is 0. The molecule has 1 heterocycles. The predicted molar refractivity (Wildman–Crippen MR) is 53.6 cm³/mol. The first-order valence-corrected chi connectivity index (χ1v) is 6.50. The quantitative estimate of drug-likeness (QED) is 0.428. The Labute approximate surface area is 66.1 Å². The Morgan fingerprint density at radius 3 is 2.30 bits per heavy atom. The molecule has 10 heavy (non-hydrogen) atoms. The van der Waals surface area contributed by atoms with Gasteiger partial charge in [0.1, 0.15) is 0 Å².